The lowest BCUT2D eigenvalue weighted by Crippen LogP contribution is -1.91. The SMILES string of the molecule is CC/C=C\COCc1ccccc1. The maximum atomic E-state index is 5.43. The first kappa shape index (κ1) is 10.0. The second-order valence-corrected chi connectivity index (χ2v) is 2.88. The van der Waals surface area contributed by atoms with E-state index >= 15 is 0 Å². The number of benzene rings is 1. The van der Waals surface area contributed by atoms with E-state index in [0.29, 0.717) is 13.2 Å². The zero-order valence-electron chi connectivity index (χ0n) is 8.07. The van der Waals surface area contributed by atoms with Gasteiger partial charge in [-0.3, -0.25) is 0 Å². The second kappa shape index (κ2) is 6.44. The second-order valence-electron chi connectivity index (χ2n) is 2.88. The van der Waals surface area contributed by atoms with Crippen LogP contribution in [-0.4, -0.2) is 6.61 Å². The third kappa shape index (κ3) is 4.48. The molecular weight excluding hydrogens is 160 g/mol. The summed E-state index contributed by atoms with van der Waals surface area (Å²) in [5.41, 5.74) is 1.23. The van der Waals surface area contributed by atoms with Crippen molar-refractivity contribution in [2.45, 2.75) is 20.0 Å². The smallest absolute Gasteiger partial charge is 0.0721 e. The van der Waals surface area contributed by atoms with Crippen LogP contribution in [0.25, 0.3) is 0 Å². The monoisotopic (exact) mass is 176 g/mol. The van der Waals surface area contributed by atoms with Gasteiger partial charge in [0.15, 0.2) is 0 Å². The van der Waals surface area contributed by atoms with E-state index in [0.717, 1.165) is 6.42 Å². The molecular formula is C12H16O. The highest BCUT2D eigenvalue weighted by molar-refractivity contribution is 5.13. The molecule has 0 unspecified atom stereocenters. The van der Waals surface area contributed by atoms with Crippen LogP contribution in [0.3, 0.4) is 0 Å². The highest BCUT2D eigenvalue weighted by Gasteiger charge is 1.88. The van der Waals surface area contributed by atoms with Gasteiger partial charge in [0.1, 0.15) is 0 Å². The van der Waals surface area contributed by atoms with Crippen LogP contribution in [0.4, 0.5) is 0 Å². The summed E-state index contributed by atoms with van der Waals surface area (Å²) in [7, 11) is 0. The summed E-state index contributed by atoms with van der Waals surface area (Å²) in [4.78, 5) is 0. The summed E-state index contributed by atoms with van der Waals surface area (Å²) in [5, 5.41) is 0. The van der Waals surface area contributed by atoms with E-state index in [-0.39, 0.29) is 0 Å². The molecule has 0 radical (unpaired) electrons. The molecule has 13 heavy (non-hydrogen) atoms. The molecule has 1 rings (SSSR count). The maximum absolute atomic E-state index is 5.43. The first-order chi connectivity index (χ1) is 6.43. The summed E-state index contributed by atoms with van der Waals surface area (Å²) in [6, 6.07) is 10.2. The van der Waals surface area contributed by atoms with Crippen LogP contribution in [0.1, 0.15) is 18.9 Å². The Morgan fingerprint density at radius 1 is 1.15 bits per heavy atom. The van der Waals surface area contributed by atoms with Crippen molar-refractivity contribution in [2.24, 2.45) is 0 Å². The highest BCUT2D eigenvalue weighted by atomic mass is 16.5. The lowest BCUT2D eigenvalue weighted by atomic mass is 10.2. The van der Waals surface area contributed by atoms with Crippen LogP contribution < -0.4 is 0 Å². The van der Waals surface area contributed by atoms with Crippen molar-refractivity contribution in [3.63, 3.8) is 0 Å². The van der Waals surface area contributed by atoms with Gasteiger partial charge in [0.2, 0.25) is 0 Å². The number of hydrogen-bond acceptors (Lipinski definition) is 1. The molecule has 0 aliphatic rings. The van der Waals surface area contributed by atoms with E-state index in [4.69, 9.17) is 4.74 Å². The Hall–Kier alpha value is -1.08. The quantitative estimate of drug-likeness (QED) is 0.494. The molecule has 0 amide bonds. The molecule has 0 heterocycles. The van der Waals surface area contributed by atoms with Crippen molar-refractivity contribution in [1.29, 1.82) is 0 Å². The Kier molecular flexibility index (Phi) is 4.95. The molecule has 0 N–H and O–H groups in total. The van der Waals surface area contributed by atoms with Crippen molar-refractivity contribution in [1.82, 2.24) is 0 Å². The Morgan fingerprint density at radius 2 is 1.92 bits per heavy atom. The Bertz CT molecular complexity index is 239. The maximum Gasteiger partial charge on any atom is 0.0721 e. The van der Waals surface area contributed by atoms with Crippen molar-refractivity contribution in [3.8, 4) is 0 Å². The molecule has 1 nitrogen and oxygen atoms in total. The number of ether oxygens (including phenoxy) is 1. The van der Waals surface area contributed by atoms with E-state index in [1.165, 1.54) is 5.56 Å². The Labute approximate surface area is 80.0 Å². The van der Waals surface area contributed by atoms with Crippen LogP contribution in [0.15, 0.2) is 42.5 Å². The first-order valence-corrected chi connectivity index (χ1v) is 4.70. The summed E-state index contributed by atoms with van der Waals surface area (Å²) in [6.45, 7) is 3.53. The molecule has 0 saturated carbocycles. The molecule has 1 aromatic rings. The van der Waals surface area contributed by atoms with Crippen LogP contribution in [-0.2, 0) is 11.3 Å². The average molecular weight is 176 g/mol. The standard InChI is InChI=1S/C12H16O/c1-2-3-7-10-13-11-12-8-5-4-6-9-12/h3-9H,2,10-11H2,1H3/b7-3-. The topological polar surface area (TPSA) is 9.23 Å². The van der Waals surface area contributed by atoms with Gasteiger partial charge >= 0.3 is 0 Å². The minimum atomic E-state index is 0.703. The summed E-state index contributed by atoms with van der Waals surface area (Å²) in [6.07, 6.45) is 5.25. The number of rotatable bonds is 5. The third-order valence-corrected chi connectivity index (χ3v) is 1.73. The van der Waals surface area contributed by atoms with Gasteiger partial charge in [0, 0.05) is 0 Å². The zero-order valence-corrected chi connectivity index (χ0v) is 8.07. The molecule has 0 atom stereocenters. The fraction of sp³-hybridized carbons (Fsp3) is 0.333. The highest BCUT2D eigenvalue weighted by Crippen LogP contribution is 2.00. The molecule has 0 aromatic heterocycles. The van der Waals surface area contributed by atoms with Gasteiger partial charge in [-0.1, -0.05) is 49.4 Å². The summed E-state index contributed by atoms with van der Waals surface area (Å²) >= 11 is 0. The van der Waals surface area contributed by atoms with E-state index in [9.17, 15) is 0 Å². The predicted molar refractivity (Wildman–Crippen MR) is 55.5 cm³/mol. The van der Waals surface area contributed by atoms with Crippen LogP contribution in [0.2, 0.25) is 0 Å². The van der Waals surface area contributed by atoms with Gasteiger partial charge in [0.05, 0.1) is 13.2 Å². The van der Waals surface area contributed by atoms with Gasteiger partial charge < -0.3 is 4.74 Å². The van der Waals surface area contributed by atoms with Crippen LogP contribution in [0.5, 0.6) is 0 Å². The van der Waals surface area contributed by atoms with Crippen molar-refractivity contribution < 1.29 is 4.74 Å². The Balaban J connectivity index is 2.17. The minimum absolute atomic E-state index is 0.703. The average Bonchev–Trinajstić information content (AvgIpc) is 2.19. The zero-order chi connectivity index (χ0) is 9.36. The molecule has 0 aliphatic heterocycles. The number of hydrogen-bond donors (Lipinski definition) is 0. The predicted octanol–water partition coefficient (Wildman–Crippen LogP) is 3.17. The normalized spacial score (nSPS) is 10.8. The van der Waals surface area contributed by atoms with Gasteiger partial charge in [-0.05, 0) is 12.0 Å². The van der Waals surface area contributed by atoms with Crippen LogP contribution >= 0.6 is 0 Å². The Morgan fingerprint density at radius 3 is 2.62 bits per heavy atom. The molecule has 0 aliphatic carbocycles. The van der Waals surface area contributed by atoms with E-state index in [1.54, 1.807) is 0 Å². The minimum Gasteiger partial charge on any atom is -0.373 e. The lowest BCUT2D eigenvalue weighted by molar-refractivity contribution is 0.148. The van der Waals surface area contributed by atoms with Gasteiger partial charge in [-0.25, -0.2) is 0 Å². The molecule has 0 spiro atoms. The van der Waals surface area contributed by atoms with Crippen molar-refractivity contribution in [2.75, 3.05) is 6.61 Å². The van der Waals surface area contributed by atoms with E-state index < -0.39 is 0 Å². The lowest BCUT2D eigenvalue weighted by Gasteiger charge is -2.00. The van der Waals surface area contributed by atoms with E-state index in [1.807, 2.05) is 18.2 Å². The summed E-state index contributed by atoms with van der Waals surface area (Å²) < 4.78 is 5.43. The van der Waals surface area contributed by atoms with Gasteiger partial charge in [-0.2, -0.15) is 0 Å². The van der Waals surface area contributed by atoms with Gasteiger partial charge in [0.25, 0.3) is 0 Å². The molecule has 1 aromatic carbocycles. The molecule has 70 valence electrons. The number of allylic oxidation sites excluding steroid dienone is 1. The van der Waals surface area contributed by atoms with Gasteiger partial charge in [-0.15, -0.1) is 0 Å². The van der Waals surface area contributed by atoms with Crippen LogP contribution in [0, 0.1) is 0 Å². The van der Waals surface area contributed by atoms with Crippen molar-refractivity contribution in [3.05, 3.63) is 48.0 Å². The molecule has 0 bridgehead atoms. The summed E-state index contributed by atoms with van der Waals surface area (Å²) in [5.74, 6) is 0. The van der Waals surface area contributed by atoms with E-state index in [2.05, 4.69) is 31.2 Å². The fourth-order valence-electron chi connectivity index (χ4n) is 1.05. The third-order valence-electron chi connectivity index (χ3n) is 1.73. The molecule has 1 heteroatoms. The van der Waals surface area contributed by atoms with Crippen molar-refractivity contribution >= 4 is 0 Å². The first-order valence-electron chi connectivity index (χ1n) is 4.70. The fourth-order valence-corrected chi connectivity index (χ4v) is 1.05. The molecule has 0 fully saturated rings. The largest absolute Gasteiger partial charge is 0.373 e. The molecule has 0 saturated heterocycles.